The lowest BCUT2D eigenvalue weighted by atomic mass is 10.2. The van der Waals surface area contributed by atoms with Gasteiger partial charge in [-0.15, -0.1) is 0 Å². The van der Waals surface area contributed by atoms with Crippen LogP contribution in [-0.4, -0.2) is 27.0 Å². The minimum atomic E-state index is -3.71. The average Bonchev–Trinajstić information content (AvgIpc) is 2.47. The quantitative estimate of drug-likeness (QED) is 0.617. The number of nitrogens with one attached hydrogen (secondary N) is 1. The first-order valence-electron chi connectivity index (χ1n) is 5.98. The fourth-order valence-electron chi connectivity index (χ4n) is 1.35. The van der Waals surface area contributed by atoms with Crippen LogP contribution in [0.4, 0.5) is 0 Å². The number of esters is 1. The summed E-state index contributed by atoms with van der Waals surface area (Å²) in [5, 5.41) is 16.9. The van der Waals surface area contributed by atoms with Gasteiger partial charge in [0.2, 0.25) is 10.0 Å². The zero-order valence-corrected chi connectivity index (χ0v) is 12.1. The molecule has 0 aliphatic rings. The summed E-state index contributed by atoms with van der Waals surface area (Å²) in [7, 11) is -3.71. The van der Waals surface area contributed by atoms with Gasteiger partial charge in [0.1, 0.15) is 6.07 Å². The number of carbonyl (C=O) groups is 1. The largest absolute Gasteiger partial charge is 0.444 e. The SMILES string of the molecule is C[C@H](C#N)OC(=O)c1ccc(S(=O)(=O)NCCC#N)cc1. The smallest absolute Gasteiger partial charge is 0.339 e. The molecular formula is C13H13N3O4S. The maximum Gasteiger partial charge on any atom is 0.339 e. The van der Waals surface area contributed by atoms with E-state index in [9.17, 15) is 13.2 Å². The van der Waals surface area contributed by atoms with E-state index in [1.807, 2.05) is 6.07 Å². The predicted octanol–water partition coefficient (Wildman–Crippen LogP) is 0.947. The minimum absolute atomic E-state index is 0.0162. The van der Waals surface area contributed by atoms with E-state index >= 15 is 0 Å². The highest BCUT2D eigenvalue weighted by molar-refractivity contribution is 7.89. The van der Waals surface area contributed by atoms with Gasteiger partial charge in [-0.25, -0.2) is 17.9 Å². The molecule has 0 heterocycles. The predicted molar refractivity (Wildman–Crippen MR) is 72.4 cm³/mol. The maximum absolute atomic E-state index is 11.8. The molecule has 0 bridgehead atoms. The van der Waals surface area contributed by atoms with Gasteiger partial charge in [0, 0.05) is 13.0 Å². The number of rotatable bonds is 6. The van der Waals surface area contributed by atoms with Crippen molar-refractivity contribution in [2.24, 2.45) is 0 Å². The molecular weight excluding hydrogens is 294 g/mol. The van der Waals surface area contributed by atoms with E-state index in [1.165, 1.54) is 31.2 Å². The van der Waals surface area contributed by atoms with Crippen LogP contribution in [0.1, 0.15) is 23.7 Å². The lowest BCUT2D eigenvalue weighted by Gasteiger charge is -2.07. The van der Waals surface area contributed by atoms with Crippen LogP contribution >= 0.6 is 0 Å². The molecule has 1 rings (SSSR count). The fourth-order valence-corrected chi connectivity index (χ4v) is 2.38. The highest BCUT2D eigenvalue weighted by Gasteiger charge is 2.16. The van der Waals surface area contributed by atoms with Crippen molar-refractivity contribution in [1.29, 1.82) is 10.5 Å². The topological polar surface area (TPSA) is 120 Å². The summed E-state index contributed by atoms with van der Waals surface area (Å²) in [6.07, 6.45) is -0.816. The first-order valence-corrected chi connectivity index (χ1v) is 7.46. The Morgan fingerprint density at radius 2 is 1.95 bits per heavy atom. The van der Waals surface area contributed by atoms with E-state index in [1.54, 1.807) is 6.07 Å². The summed E-state index contributed by atoms with van der Waals surface area (Å²) in [4.78, 5) is 11.6. The molecule has 1 atom stereocenters. The van der Waals surface area contributed by atoms with Gasteiger partial charge in [0.25, 0.3) is 0 Å². The van der Waals surface area contributed by atoms with Crippen molar-refractivity contribution >= 4 is 16.0 Å². The molecule has 0 unspecified atom stereocenters. The lowest BCUT2D eigenvalue weighted by molar-refractivity contribution is 0.0435. The van der Waals surface area contributed by atoms with Gasteiger partial charge in [-0.05, 0) is 31.2 Å². The number of ether oxygens (including phenoxy) is 1. The van der Waals surface area contributed by atoms with Crippen LogP contribution in [0.25, 0.3) is 0 Å². The average molecular weight is 307 g/mol. The molecule has 0 aromatic heterocycles. The number of nitrogens with zero attached hydrogens (tertiary/aromatic N) is 2. The van der Waals surface area contributed by atoms with E-state index in [2.05, 4.69) is 4.72 Å². The van der Waals surface area contributed by atoms with Crippen molar-refractivity contribution < 1.29 is 17.9 Å². The van der Waals surface area contributed by atoms with Gasteiger partial charge in [0.05, 0.1) is 16.5 Å². The second-order valence-corrected chi connectivity index (χ2v) is 5.77. The molecule has 0 spiro atoms. The Bertz CT molecular complexity index is 684. The van der Waals surface area contributed by atoms with Crippen LogP contribution in [0.2, 0.25) is 0 Å². The van der Waals surface area contributed by atoms with Crippen molar-refractivity contribution in [3.05, 3.63) is 29.8 Å². The number of benzene rings is 1. The number of carbonyl (C=O) groups excluding carboxylic acids is 1. The normalized spacial score (nSPS) is 12.0. The third-order valence-electron chi connectivity index (χ3n) is 2.39. The van der Waals surface area contributed by atoms with Gasteiger partial charge < -0.3 is 4.74 Å². The summed E-state index contributed by atoms with van der Waals surface area (Å²) in [6.45, 7) is 1.44. The van der Waals surface area contributed by atoms with Gasteiger partial charge in [-0.1, -0.05) is 0 Å². The maximum atomic E-state index is 11.8. The molecule has 21 heavy (non-hydrogen) atoms. The van der Waals surface area contributed by atoms with Crippen LogP contribution in [0.15, 0.2) is 29.2 Å². The van der Waals surface area contributed by atoms with Crippen LogP contribution in [0, 0.1) is 22.7 Å². The molecule has 1 aromatic carbocycles. The monoisotopic (exact) mass is 307 g/mol. The Kier molecular flexibility index (Phi) is 5.85. The third kappa shape index (κ3) is 4.88. The summed E-state index contributed by atoms with van der Waals surface area (Å²) >= 11 is 0. The first-order chi connectivity index (χ1) is 9.90. The molecule has 0 aliphatic heterocycles. The summed E-state index contributed by atoms with van der Waals surface area (Å²) in [5.74, 6) is -0.703. The zero-order valence-electron chi connectivity index (χ0n) is 11.2. The summed E-state index contributed by atoms with van der Waals surface area (Å²) < 4.78 is 30.7. The number of hydrogen-bond donors (Lipinski definition) is 1. The van der Waals surface area contributed by atoms with E-state index < -0.39 is 22.1 Å². The molecule has 0 aliphatic carbocycles. The Morgan fingerprint density at radius 1 is 1.33 bits per heavy atom. The second-order valence-electron chi connectivity index (χ2n) is 4.01. The minimum Gasteiger partial charge on any atom is -0.444 e. The molecule has 0 fully saturated rings. The molecule has 8 heteroatoms. The highest BCUT2D eigenvalue weighted by atomic mass is 32.2. The first kappa shape index (κ1) is 16.6. The molecule has 1 N–H and O–H groups in total. The highest BCUT2D eigenvalue weighted by Crippen LogP contribution is 2.12. The van der Waals surface area contributed by atoms with Crippen LogP contribution < -0.4 is 4.72 Å². The third-order valence-corrected chi connectivity index (χ3v) is 3.87. The van der Waals surface area contributed by atoms with Crippen LogP contribution in [0.3, 0.4) is 0 Å². The lowest BCUT2D eigenvalue weighted by Crippen LogP contribution is -2.24. The van der Waals surface area contributed by atoms with E-state index in [4.69, 9.17) is 15.3 Å². The standard InChI is InChI=1S/C13H13N3O4S/c1-10(9-15)20-13(17)11-3-5-12(6-4-11)21(18,19)16-8-2-7-14/h3-6,10,16H,2,8H2,1H3/t10-/m1/s1. The van der Waals surface area contributed by atoms with E-state index in [0.717, 1.165) is 0 Å². The Hall–Kier alpha value is -2.42. The molecule has 0 radical (unpaired) electrons. The van der Waals surface area contributed by atoms with Gasteiger partial charge >= 0.3 is 5.97 Å². The van der Waals surface area contributed by atoms with Crippen LogP contribution in [0.5, 0.6) is 0 Å². The van der Waals surface area contributed by atoms with Crippen molar-refractivity contribution in [2.45, 2.75) is 24.3 Å². The van der Waals surface area contributed by atoms with Crippen molar-refractivity contribution in [2.75, 3.05) is 6.54 Å². The van der Waals surface area contributed by atoms with Gasteiger partial charge in [-0.3, -0.25) is 0 Å². The van der Waals surface area contributed by atoms with Crippen molar-refractivity contribution in [3.8, 4) is 12.1 Å². The molecule has 110 valence electrons. The van der Waals surface area contributed by atoms with Gasteiger partial charge in [0.15, 0.2) is 6.10 Å². The van der Waals surface area contributed by atoms with E-state index in [-0.39, 0.29) is 23.4 Å². The molecule has 0 amide bonds. The fraction of sp³-hybridized carbons (Fsp3) is 0.308. The molecule has 0 saturated carbocycles. The number of nitriles is 2. The van der Waals surface area contributed by atoms with E-state index in [0.29, 0.717) is 0 Å². The zero-order chi connectivity index (χ0) is 15.9. The van der Waals surface area contributed by atoms with Crippen molar-refractivity contribution in [3.63, 3.8) is 0 Å². The molecule has 7 nitrogen and oxygen atoms in total. The number of sulfonamides is 1. The Labute approximate surface area is 122 Å². The van der Waals surface area contributed by atoms with Crippen molar-refractivity contribution in [1.82, 2.24) is 4.72 Å². The van der Waals surface area contributed by atoms with Gasteiger partial charge in [-0.2, -0.15) is 10.5 Å². The second kappa shape index (κ2) is 7.39. The molecule has 0 saturated heterocycles. The summed E-state index contributed by atoms with van der Waals surface area (Å²) in [5.41, 5.74) is 0.146. The molecule has 1 aromatic rings. The Balaban J connectivity index is 2.81. The number of hydrogen-bond acceptors (Lipinski definition) is 6. The Morgan fingerprint density at radius 3 is 2.48 bits per heavy atom. The van der Waals surface area contributed by atoms with Crippen LogP contribution in [-0.2, 0) is 14.8 Å². The summed E-state index contributed by atoms with van der Waals surface area (Å²) in [6, 6.07) is 8.68.